The van der Waals surface area contributed by atoms with Crippen molar-refractivity contribution in [3.63, 3.8) is 0 Å². The van der Waals surface area contributed by atoms with Crippen molar-refractivity contribution in [1.29, 1.82) is 0 Å². The summed E-state index contributed by atoms with van der Waals surface area (Å²) in [5.74, 6) is -1.22. The molecule has 0 aromatic heterocycles. The molecule has 0 aliphatic carbocycles. The van der Waals surface area contributed by atoms with E-state index in [1.807, 2.05) is 30.3 Å². The van der Waals surface area contributed by atoms with Crippen LogP contribution in [0.25, 0.3) is 0 Å². The number of piperidine rings is 1. The number of primary amides is 2. The van der Waals surface area contributed by atoms with Gasteiger partial charge in [-0.3, -0.25) is 9.59 Å². The van der Waals surface area contributed by atoms with E-state index in [4.69, 9.17) is 16.2 Å². The SMILES string of the molecule is Cc1cc([C@@H](C)OC[C@@]2(c3ccccc3)CC[C@@](CC(N)=O)(C(N)=O)CN2)cc(C(F)(F)F)c1. The zero-order valence-electron chi connectivity index (χ0n) is 19.2. The Morgan fingerprint density at radius 2 is 1.79 bits per heavy atom. The van der Waals surface area contributed by atoms with Crippen LogP contribution in [0.3, 0.4) is 0 Å². The maximum absolute atomic E-state index is 13.3. The Balaban J connectivity index is 1.85. The molecule has 2 aromatic rings. The van der Waals surface area contributed by atoms with Gasteiger partial charge in [0.15, 0.2) is 0 Å². The summed E-state index contributed by atoms with van der Waals surface area (Å²) in [5, 5.41) is 3.37. The van der Waals surface area contributed by atoms with Crippen LogP contribution >= 0.6 is 0 Å². The monoisotopic (exact) mass is 477 g/mol. The van der Waals surface area contributed by atoms with E-state index in [9.17, 15) is 22.8 Å². The number of nitrogens with two attached hydrogens (primary N) is 2. The summed E-state index contributed by atoms with van der Waals surface area (Å²) in [6.45, 7) is 3.58. The molecule has 0 saturated carbocycles. The maximum Gasteiger partial charge on any atom is 0.416 e. The number of hydrogen-bond acceptors (Lipinski definition) is 4. The number of hydrogen-bond donors (Lipinski definition) is 3. The first kappa shape index (κ1) is 25.7. The van der Waals surface area contributed by atoms with E-state index < -0.39 is 40.6 Å². The third-order valence-electron chi connectivity index (χ3n) is 6.63. The van der Waals surface area contributed by atoms with Gasteiger partial charge >= 0.3 is 6.18 Å². The Morgan fingerprint density at radius 1 is 1.12 bits per heavy atom. The van der Waals surface area contributed by atoms with Crippen LogP contribution in [0.5, 0.6) is 0 Å². The molecule has 1 saturated heterocycles. The molecular formula is C25H30F3N3O3. The average Bonchev–Trinajstić information content (AvgIpc) is 2.77. The van der Waals surface area contributed by atoms with Gasteiger partial charge in [0.05, 0.1) is 29.2 Å². The number of carbonyl (C=O) groups is 2. The molecule has 9 heteroatoms. The van der Waals surface area contributed by atoms with Crippen molar-refractivity contribution < 1.29 is 27.5 Å². The lowest BCUT2D eigenvalue weighted by atomic mass is 9.70. The summed E-state index contributed by atoms with van der Waals surface area (Å²) in [5.41, 5.74) is 10.3. The van der Waals surface area contributed by atoms with Gasteiger partial charge in [0.25, 0.3) is 0 Å². The minimum absolute atomic E-state index is 0.126. The predicted molar refractivity (Wildman–Crippen MR) is 121 cm³/mol. The molecule has 34 heavy (non-hydrogen) atoms. The van der Waals surface area contributed by atoms with E-state index in [2.05, 4.69) is 5.32 Å². The lowest BCUT2D eigenvalue weighted by molar-refractivity contribution is -0.138. The highest BCUT2D eigenvalue weighted by Crippen LogP contribution is 2.41. The number of halogens is 3. The Morgan fingerprint density at radius 3 is 2.32 bits per heavy atom. The van der Waals surface area contributed by atoms with Gasteiger partial charge in [-0.2, -0.15) is 13.2 Å². The average molecular weight is 478 g/mol. The second kappa shape index (κ2) is 9.76. The van der Waals surface area contributed by atoms with E-state index in [1.165, 1.54) is 0 Å². The summed E-state index contributed by atoms with van der Waals surface area (Å²) in [4.78, 5) is 23.8. The predicted octanol–water partition coefficient (Wildman–Crippen LogP) is 3.72. The van der Waals surface area contributed by atoms with Gasteiger partial charge in [-0.25, -0.2) is 0 Å². The topological polar surface area (TPSA) is 107 Å². The van der Waals surface area contributed by atoms with Gasteiger partial charge in [0.2, 0.25) is 11.8 Å². The summed E-state index contributed by atoms with van der Waals surface area (Å²) >= 11 is 0. The lowest BCUT2D eigenvalue weighted by Gasteiger charge is -2.46. The third kappa shape index (κ3) is 5.59. The fourth-order valence-corrected chi connectivity index (χ4v) is 4.53. The lowest BCUT2D eigenvalue weighted by Crippen LogP contribution is -2.59. The summed E-state index contributed by atoms with van der Waals surface area (Å²) in [6.07, 6.45) is -4.50. The normalized spacial score (nSPS) is 23.9. The Kier molecular flexibility index (Phi) is 7.38. The summed E-state index contributed by atoms with van der Waals surface area (Å²) in [7, 11) is 0. The zero-order chi connectivity index (χ0) is 25.1. The van der Waals surface area contributed by atoms with Crippen LogP contribution in [0.2, 0.25) is 0 Å². The molecule has 2 aromatic carbocycles. The van der Waals surface area contributed by atoms with Gasteiger partial charge in [0.1, 0.15) is 0 Å². The number of nitrogens with one attached hydrogen (secondary N) is 1. The van der Waals surface area contributed by atoms with Gasteiger partial charge < -0.3 is 21.5 Å². The molecule has 1 aliphatic heterocycles. The fraction of sp³-hybridized carbons (Fsp3) is 0.440. The van der Waals surface area contributed by atoms with Crippen molar-refractivity contribution >= 4 is 11.8 Å². The molecule has 0 radical (unpaired) electrons. The molecule has 0 unspecified atom stereocenters. The molecule has 3 atom stereocenters. The Hall–Kier alpha value is -2.91. The number of alkyl halides is 3. The highest BCUT2D eigenvalue weighted by molar-refractivity contribution is 5.87. The number of amides is 2. The van der Waals surface area contributed by atoms with E-state index in [0.717, 1.165) is 17.7 Å². The van der Waals surface area contributed by atoms with Gasteiger partial charge in [0, 0.05) is 13.0 Å². The molecule has 5 N–H and O–H groups in total. The Bertz CT molecular complexity index is 1030. The van der Waals surface area contributed by atoms with Crippen LogP contribution in [-0.4, -0.2) is 25.0 Å². The number of carbonyl (C=O) groups excluding carboxylic acids is 2. The molecule has 6 nitrogen and oxygen atoms in total. The Labute approximate surface area is 196 Å². The van der Waals surface area contributed by atoms with E-state index in [-0.39, 0.29) is 19.6 Å². The van der Waals surface area contributed by atoms with Gasteiger partial charge in [-0.15, -0.1) is 0 Å². The van der Waals surface area contributed by atoms with Crippen molar-refractivity contribution in [3.8, 4) is 0 Å². The third-order valence-corrected chi connectivity index (χ3v) is 6.63. The summed E-state index contributed by atoms with van der Waals surface area (Å²) in [6, 6.07) is 13.3. The highest BCUT2D eigenvalue weighted by Gasteiger charge is 2.47. The van der Waals surface area contributed by atoms with Crippen LogP contribution in [-0.2, 0) is 26.0 Å². The fourth-order valence-electron chi connectivity index (χ4n) is 4.53. The second-order valence-corrected chi connectivity index (χ2v) is 9.17. The number of ether oxygens (including phenoxy) is 1. The van der Waals surface area contributed by atoms with Crippen molar-refractivity contribution in [1.82, 2.24) is 5.32 Å². The molecule has 2 amide bonds. The molecule has 1 heterocycles. The number of aryl methyl sites for hydroxylation is 1. The van der Waals surface area contributed by atoms with Crippen LogP contribution in [0, 0.1) is 12.3 Å². The molecular weight excluding hydrogens is 447 g/mol. The zero-order valence-corrected chi connectivity index (χ0v) is 19.2. The maximum atomic E-state index is 13.3. The van der Waals surface area contributed by atoms with E-state index in [1.54, 1.807) is 19.9 Å². The minimum Gasteiger partial charge on any atom is -0.372 e. The van der Waals surface area contributed by atoms with E-state index in [0.29, 0.717) is 24.0 Å². The van der Waals surface area contributed by atoms with Crippen LogP contribution < -0.4 is 16.8 Å². The van der Waals surface area contributed by atoms with Crippen molar-refractivity contribution in [3.05, 3.63) is 70.8 Å². The minimum atomic E-state index is -4.45. The molecule has 0 spiro atoms. The van der Waals surface area contributed by atoms with Crippen molar-refractivity contribution in [2.75, 3.05) is 13.2 Å². The second-order valence-electron chi connectivity index (χ2n) is 9.17. The van der Waals surface area contributed by atoms with Gasteiger partial charge in [-0.1, -0.05) is 42.0 Å². The molecule has 3 rings (SSSR count). The largest absolute Gasteiger partial charge is 0.416 e. The van der Waals surface area contributed by atoms with Crippen molar-refractivity contribution in [2.24, 2.45) is 16.9 Å². The molecule has 184 valence electrons. The van der Waals surface area contributed by atoms with Gasteiger partial charge in [-0.05, 0) is 49.9 Å². The van der Waals surface area contributed by atoms with E-state index >= 15 is 0 Å². The van der Waals surface area contributed by atoms with Crippen molar-refractivity contribution in [2.45, 2.75) is 50.9 Å². The quantitative estimate of drug-likeness (QED) is 0.539. The number of rotatable bonds is 8. The van der Waals surface area contributed by atoms with Crippen LogP contribution in [0.1, 0.15) is 54.5 Å². The first-order chi connectivity index (χ1) is 15.9. The summed E-state index contributed by atoms with van der Waals surface area (Å²) < 4.78 is 46.0. The molecule has 1 aliphatic rings. The molecule has 0 bridgehead atoms. The highest BCUT2D eigenvalue weighted by atomic mass is 19.4. The standard InChI is InChI=1S/C25H30F3N3O3/c1-16-10-18(12-20(11-16)25(26,27)28)17(2)34-15-24(19-6-4-3-5-7-19)9-8-23(14-31-24,22(30)33)13-21(29)32/h3-7,10-12,17,31H,8-9,13-15H2,1-2H3,(H2,29,32)(H2,30,33)/t17-,23+,24-/m1/s1. The first-order valence-corrected chi connectivity index (χ1v) is 11.1. The smallest absolute Gasteiger partial charge is 0.372 e. The van der Waals surface area contributed by atoms with Crippen LogP contribution in [0.4, 0.5) is 13.2 Å². The molecule has 1 fully saturated rings. The van der Waals surface area contributed by atoms with Crippen LogP contribution in [0.15, 0.2) is 48.5 Å². The number of benzene rings is 2. The first-order valence-electron chi connectivity index (χ1n) is 11.1.